The summed E-state index contributed by atoms with van der Waals surface area (Å²) in [5.41, 5.74) is 0.683. The SMILES string of the molecule is CC(CP(=O)(CC(C)C(C)(C)C)CC(C)C(C)(C)C)C(C)(C)C. The molecule has 0 fully saturated rings. The first-order valence-electron chi connectivity index (χ1n) is 9.45. The van der Waals surface area contributed by atoms with Crippen LogP contribution in [0.25, 0.3) is 0 Å². The quantitative estimate of drug-likeness (QED) is 0.459. The fraction of sp³-hybridized carbons (Fsp3) is 1.00. The number of hydrogen-bond donors (Lipinski definition) is 0. The van der Waals surface area contributed by atoms with Crippen LogP contribution in [0, 0.1) is 34.0 Å². The molecular formula is C21H45OP. The molecule has 0 aliphatic carbocycles. The number of rotatable bonds is 6. The van der Waals surface area contributed by atoms with Gasteiger partial charge < -0.3 is 4.57 Å². The zero-order chi connectivity index (χ0) is 18.9. The fourth-order valence-corrected chi connectivity index (χ4v) is 7.63. The lowest BCUT2D eigenvalue weighted by Gasteiger charge is -2.38. The summed E-state index contributed by atoms with van der Waals surface area (Å²) >= 11 is 0. The van der Waals surface area contributed by atoms with Crippen molar-refractivity contribution in [1.82, 2.24) is 0 Å². The van der Waals surface area contributed by atoms with E-state index < -0.39 is 7.14 Å². The predicted octanol–water partition coefficient (Wildman–Crippen LogP) is 7.40. The molecule has 1 nitrogen and oxygen atoms in total. The van der Waals surface area contributed by atoms with E-state index in [1.165, 1.54) is 0 Å². The highest BCUT2D eigenvalue weighted by Gasteiger charge is 2.37. The Hall–Kier alpha value is 0.230. The largest absolute Gasteiger partial charge is 0.324 e. The summed E-state index contributed by atoms with van der Waals surface area (Å²) < 4.78 is 14.0. The van der Waals surface area contributed by atoms with Crippen LogP contribution < -0.4 is 0 Å². The molecule has 0 aromatic rings. The average Bonchev–Trinajstić information content (AvgIpc) is 2.23. The molecule has 0 saturated heterocycles. The molecule has 0 saturated carbocycles. The van der Waals surface area contributed by atoms with E-state index in [1.807, 2.05) is 0 Å². The third-order valence-corrected chi connectivity index (χ3v) is 9.89. The minimum atomic E-state index is -2.18. The molecule has 0 rings (SSSR count). The van der Waals surface area contributed by atoms with E-state index in [0.29, 0.717) is 17.8 Å². The topological polar surface area (TPSA) is 17.1 Å². The predicted molar refractivity (Wildman–Crippen MR) is 108 cm³/mol. The number of hydrogen-bond acceptors (Lipinski definition) is 1. The lowest BCUT2D eigenvalue weighted by Crippen LogP contribution is -2.29. The summed E-state index contributed by atoms with van der Waals surface area (Å²) in [6.07, 6.45) is 2.70. The minimum absolute atomic E-state index is 0.228. The Balaban J connectivity index is 5.40. The van der Waals surface area contributed by atoms with Gasteiger partial charge >= 0.3 is 0 Å². The second kappa shape index (κ2) is 7.63. The van der Waals surface area contributed by atoms with Crippen molar-refractivity contribution in [2.45, 2.75) is 83.1 Å². The van der Waals surface area contributed by atoms with Gasteiger partial charge in [-0.25, -0.2) is 0 Å². The normalized spacial score (nSPS) is 20.7. The summed E-state index contributed by atoms with van der Waals surface area (Å²) in [6.45, 7) is 27.4. The summed E-state index contributed by atoms with van der Waals surface area (Å²) in [6, 6.07) is 0. The van der Waals surface area contributed by atoms with Crippen LogP contribution in [0.2, 0.25) is 0 Å². The molecule has 0 aliphatic heterocycles. The second-order valence-electron chi connectivity index (χ2n) is 11.4. The maximum absolute atomic E-state index is 14.0. The van der Waals surface area contributed by atoms with Crippen molar-refractivity contribution in [3.63, 3.8) is 0 Å². The molecule has 0 aromatic carbocycles. The van der Waals surface area contributed by atoms with E-state index in [9.17, 15) is 4.57 Å². The third kappa shape index (κ3) is 8.24. The maximum atomic E-state index is 14.0. The van der Waals surface area contributed by atoms with Gasteiger partial charge in [-0.2, -0.15) is 0 Å². The van der Waals surface area contributed by atoms with E-state index in [4.69, 9.17) is 0 Å². The summed E-state index contributed by atoms with van der Waals surface area (Å²) in [5, 5.41) is 0. The van der Waals surface area contributed by atoms with Crippen LogP contribution in [0.1, 0.15) is 83.1 Å². The molecule has 0 aliphatic rings. The molecule has 3 atom stereocenters. The van der Waals surface area contributed by atoms with Gasteiger partial charge in [-0.1, -0.05) is 83.1 Å². The Labute approximate surface area is 147 Å². The van der Waals surface area contributed by atoms with Gasteiger partial charge in [0.25, 0.3) is 0 Å². The Bertz CT molecular complexity index is 341. The van der Waals surface area contributed by atoms with Gasteiger partial charge in [-0.15, -0.1) is 0 Å². The Morgan fingerprint density at radius 1 is 0.565 bits per heavy atom. The van der Waals surface area contributed by atoms with E-state index >= 15 is 0 Å². The highest BCUT2D eigenvalue weighted by Crippen LogP contribution is 2.55. The molecule has 0 radical (unpaired) electrons. The van der Waals surface area contributed by atoms with Gasteiger partial charge in [0.1, 0.15) is 0 Å². The molecular weight excluding hydrogens is 299 g/mol. The molecule has 140 valence electrons. The first-order valence-corrected chi connectivity index (χ1v) is 11.7. The van der Waals surface area contributed by atoms with Gasteiger partial charge in [-0.05, 0) is 34.0 Å². The first kappa shape index (κ1) is 23.2. The van der Waals surface area contributed by atoms with Crippen LogP contribution in [-0.2, 0) is 4.57 Å². The zero-order valence-electron chi connectivity index (χ0n) is 18.2. The van der Waals surface area contributed by atoms with Gasteiger partial charge in [-0.3, -0.25) is 0 Å². The molecule has 0 N–H and O–H groups in total. The Morgan fingerprint density at radius 2 is 0.739 bits per heavy atom. The molecule has 0 spiro atoms. The minimum Gasteiger partial charge on any atom is -0.324 e. The Morgan fingerprint density at radius 3 is 0.870 bits per heavy atom. The van der Waals surface area contributed by atoms with Crippen LogP contribution in [0.15, 0.2) is 0 Å². The highest BCUT2D eigenvalue weighted by atomic mass is 31.2. The summed E-state index contributed by atoms with van der Waals surface area (Å²) in [4.78, 5) is 0. The lowest BCUT2D eigenvalue weighted by atomic mass is 9.83. The molecule has 3 unspecified atom stereocenters. The van der Waals surface area contributed by atoms with Crippen LogP contribution in [0.5, 0.6) is 0 Å². The second-order valence-corrected chi connectivity index (χ2v) is 14.6. The average molecular weight is 345 g/mol. The van der Waals surface area contributed by atoms with E-state index in [1.54, 1.807) is 0 Å². The van der Waals surface area contributed by atoms with Crippen LogP contribution in [-0.4, -0.2) is 18.5 Å². The molecule has 2 heteroatoms. The molecule has 0 bridgehead atoms. The molecule has 0 amide bonds. The standard InChI is InChI=1S/C21H45OP/c1-16(19(4,5)6)13-23(22,14-17(2)20(7,8)9)15-18(3)21(10,11)12/h16-18H,13-15H2,1-12H3. The van der Waals surface area contributed by atoms with Crippen molar-refractivity contribution in [2.24, 2.45) is 34.0 Å². The Kier molecular flexibility index (Phi) is 7.71. The van der Waals surface area contributed by atoms with E-state index in [2.05, 4.69) is 83.1 Å². The molecule has 0 aromatic heterocycles. The van der Waals surface area contributed by atoms with Crippen molar-refractivity contribution in [3.05, 3.63) is 0 Å². The lowest BCUT2D eigenvalue weighted by molar-refractivity contribution is 0.266. The van der Waals surface area contributed by atoms with Gasteiger partial charge in [0, 0.05) is 18.5 Å². The third-order valence-electron chi connectivity index (χ3n) is 6.25. The van der Waals surface area contributed by atoms with Crippen molar-refractivity contribution >= 4 is 7.14 Å². The highest BCUT2D eigenvalue weighted by molar-refractivity contribution is 7.64. The van der Waals surface area contributed by atoms with Gasteiger partial charge in [0.05, 0.1) is 7.14 Å². The van der Waals surface area contributed by atoms with Crippen LogP contribution in [0.4, 0.5) is 0 Å². The van der Waals surface area contributed by atoms with Gasteiger partial charge in [0.15, 0.2) is 0 Å². The van der Waals surface area contributed by atoms with E-state index in [-0.39, 0.29) is 16.2 Å². The van der Waals surface area contributed by atoms with Crippen LogP contribution in [0.3, 0.4) is 0 Å². The maximum Gasteiger partial charge on any atom is 0.0886 e. The monoisotopic (exact) mass is 344 g/mol. The van der Waals surface area contributed by atoms with E-state index in [0.717, 1.165) is 18.5 Å². The fourth-order valence-electron chi connectivity index (χ4n) is 2.54. The summed E-state index contributed by atoms with van der Waals surface area (Å²) in [5.74, 6) is 1.48. The van der Waals surface area contributed by atoms with Crippen molar-refractivity contribution < 1.29 is 4.57 Å². The first-order chi connectivity index (χ1) is 9.88. The van der Waals surface area contributed by atoms with Crippen molar-refractivity contribution in [1.29, 1.82) is 0 Å². The van der Waals surface area contributed by atoms with Crippen molar-refractivity contribution in [3.8, 4) is 0 Å². The zero-order valence-corrected chi connectivity index (χ0v) is 19.1. The van der Waals surface area contributed by atoms with Crippen LogP contribution >= 0.6 is 7.14 Å². The molecule has 0 heterocycles. The smallest absolute Gasteiger partial charge is 0.0886 e. The molecule has 23 heavy (non-hydrogen) atoms. The van der Waals surface area contributed by atoms with Gasteiger partial charge in [0.2, 0.25) is 0 Å². The van der Waals surface area contributed by atoms with Crippen molar-refractivity contribution in [2.75, 3.05) is 18.5 Å². The summed E-state index contributed by atoms with van der Waals surface area (Å²) in [7, 11) is -2.18.